The fraction of sp³-hybridized carbons (Fsp3) is 0.143. The summed E-state index contributed by atoms with van der Waals surface area (Å²) in [7, 11) is 1.66. The highest BCUT2D eigenvalue weighted by atomic mass is 32.2. The summed E-state index contributed by atoms with van der Waals surface area (Å²) in [5.74, 6) is -0.0336. The van der Waals surface area contributed by atoms with Crippen LogP contribution in [0.15, 0.2) is 69.4 Å². The van der Waals surface area contributed by atoms with Crippen molar-refractivity contribution in [2.75, 3.05) is 17.3 Å². The van der Waals surface area contributed by atoms with Crippen molar-refractivity contribution in [3.05, 3.63) is 68.9 Å². The van der Waals surface area contributed by atoms with Crippen molar-refractivity contribution in [2.45, 2.75) is 10.1 Å². The van der Waals surface area contributed by atoms with Crippen molar-refractivity contribution in [1.82, 2.24) is 14.1 Å². The summed E-state index contributed by atoms with van der Waals surface area (Å²) in [5, 5.41) is 3.35. The molecule has 0 aliphatic heterocycles. The van der Waals surface area contributed by atoms with Gasteiger partial charge in [-0.25, -0.2) is 4.98 Å². The Balaban J connectivity index is 1.62. The van der Waals surface area contributed by atoms with Gasteiger partial charge in [0.2, 0.25) is 5.91 Å². The Kier molecular flexibility index (Phi) is 6.61. The molecule has 2 heterocycles. The van der Waals surface area contributed by atoms with Gasteiger partial charge in [-0.1, -0.05) is 47.4 Å². The van der Waals surface area contributed by atoms with Gasteiger partial charge in [0.25, 0.3) is 5.56 Å². The van der Waals surface area contributed by atoms with E-state index in [9.17, 15) is 9.59 Å². The lowest BCUT2D eigenvalue weighted by Gasteiger charge is -2.10. The van der Waals surface area contributed by atoms with Crippen LogP contribution < -0.4 is 10.9 Å². The third kappa shape index (κ3) is 4.62. The number of carbonyl (C=O) groups is 1. The van der Waals surface area contributed by atoms with Gasteiger partial charge in [0.15, 0.2) is 14.8 Å². The van der Waals surface area contributed by atoms with Gasteiger partial charge in [0, 0.05) is 23.3 Å². The van der Waals surface area contributed by atoms with Crippen LogP contribution in [0.3, 0.4) is 0 Å². The van der Waals surface area contributed by atoms with Crippen molar-refractivity contribution in [3.8, 4) is 5.69 Å². The minimum Gasteiger partial charge on any atom is -0.325 e. The first-order valence-electron chi connectivity index (χ1n) is 9.22. The van der Waals surface area contributed by atoms with E-state index >= 15 is 0 Å². The molecule has 0 fully saturated rings. The zero-order valence-corrected chi connectivity index (χ0v) is 20.0. The number of amides is 1. The number of nitrogens with zero attached hydrogens (tertiary/aromatic N) is 3. The highest BCUT2D eigenvalue weighted by Crippen LogP contribution is 2.26. The molecular weight excluding hydrogens is 469 g/mol. The number of hydrogen-bond donors (Lipinski definition) is 1. The van der Waals surface area contributed by atoms with Crippen molar-refractivity contribution in [1.29, 1.82) is 0 Å². The number of thiazole rings is 1. The second-order valence-electron chi connectivity index (χ2n) is 6.52. The Labute approximate surface area is 196 Å². The van der Waals surface area contributed by atoms with Crippen molar-refractivity contribution in [2.24, 2.45) is 7.05 Å². The molecule has 0 atom stereocenters. The van der Waals surface area contributed by atoms with E-state index in [0.717, 1.165) is 16.3 Å². The zero-order chi connectivity index (χ0) is 22.0. The van der Waals surface area contributed by atoms with Crippen molar-refractivity contribution in [3.63, 3.8) is 0 Å². The van der Waals surface area contributed by atoms with Gasteiger partial charge in [-0.3, -0.25) is 18.7 Å². The molecule has 0 aliphatic rings. The summed E-state index contributed by atoms with van der Waals surface area (Å²) in [4.78, 5) is 31.1. The number of carbonyl (C=O) groups excluding carboxylic acids is 1. The highest BCUT2D eigenvalue weighted by Gasteiger charge is 2.17. The van der Waals surface area contributed by atoms with Crippen LogP contribution >= 0.6 is 47.1 Å². The zero-order valence-electron chi connectivity index (χ0n) is 16.7. The van der Waals surface area contributed by atoms with E-state index in [1.165, 1.54) is 27.7 Å². The summed E-state index contributed by atoms with van der Waals surface area (Å²) < 4.78 is 4.32. The summed E-state index contributed by atoms with van der Waals surface area (Å²) in [5.41, 5.74) is 1.93. The van der Waals surface area contributed by atoms with Gasteiger partial charge in [0.1, 0.15) is 4.70 Å². The van der Waals surface area contributed by atoms with E-state index < -0.39 is 0 Å². The monoisotopic (exact) mass is 486 g/mol. The molecular formula is C21H18N4O2S4. The largest absolute Gasteiger partial charge is 0.325 e. The molecule has 10 heteroatoms. The molecule has 0 radical (unpaired) electrons. The van der Waals surface area contributed by atoms with Gasteiger partial charge in [0.05, 0.1) is 5.75 Å². The van der Waals surface area contributed by atoms with Crippen molar-refractivity contribution >= 4 is 69.0 Å². The van der Waals surface area contributed by atoms with E-state index in [0.29, 0.717) is 19.5 Å². The molecule has 4 aromatic rings. The number of nitrogens with one attached hydrogen (secondary N) is 1. The minimum absolute atomic E-state index is 0.130. The molecule has 1 amide bonds. The quantitative estimate of drug-likeness (QED) is 0.236. The molecule has 158 valence electrons. The number of benzene rings is 2. The molecule has 0 saturated carbocycles. The first-order chi connectivity index (χ1) is 15.0. The van der Waals surface area contributed by atoms with E-state index in [1.54, 1.807) is 23.4 Å². The average molecular weight is 487 g/mol. The number of aromatic nitrogens is 3. The van der Waals surface area contributed by atoms with Crippen LogP contribution in [0.1, 0.15) is 0 Å². The molecule has 4 rings (SSSR count). The summed E-state index contributed by atoms with van der Waals surface area (Å²) in [6, 6.07) is 17.2. The third-order valence-electron chi connectivity index (χ3n) is 4.47. The lowest BCUT2D eigenvalue weighted by molar-refractivity contribution is -0.113. The van der Waals surface area contributed by atoms with Crippen LogP contribution in [0, 0.1) is 3.95 Å². The van der Waals surface area contributed by atoms with Crippen LogP contribution in [0.25, 0.3) is 16.0 Å². The normalized spacial score (nSPS) is 11.0. The molecule has 2 aromatic heterocycles. The van der Waals surface area contributed by atoms with Gasteiger partial charge in [-0.05, 0) is 48.8 Å². The Bertz CT molecular complexity index is 1380. The number of thioether (sulfide) groups is 2. The molecule has 0 spiro atoms. The molecule has 0 bridgehead atoms. The van der Waals surface area contributed by atoms with Gasteiger partial charge >= 0.3 is 0 Å². The maximum absolute atomic E-state index is 12.9. The number of rotatable bonds is 6. The van der Waals surface area contributed by atoms with Gasteiger partial charge < -0.3 is 5.32 Å². The number of fused-ring (bicyclic) bond motifs is 1. The van der Waals surface area contributed by atoms with E-state index in [1.807, 2.05) is 60.9 Å². The Hall–Kier alpha value is -2.40. The van der Waals surface area contributed by atoms with Crippen LogP contribution in [-0.2, 0) is 11.8 Å². The summed E-state index contributed by atoms with van der Waals surface area (Å²) in [6.07, 6.45) is 1.99. The third-order valence-corrected chi connectivity index (χ3v) is 7.58. The lowest BCUT2D eigenvalue weighted by Crippen LogP contribution is -2.21. The van der Waals surface area contributed by atoms with Crippen LogP contribution in [0.2, 0.25) is 0 Å². The number of hydrogen-bond acceptors (Lipinski definition) is 7. The van der Waals surface area contributed by atoms with Crippen LogP contribution in [0.4, 0.5) is 5.69 Å². The second kappa shape index (κ2) is 9.39. The van der Waals surface area contributed by atoms with E-state index in [4.69, 9.17) is 12.2 Å². The van der Waals surface area contributed by atoms with E-state index in [2.05, 4.69) is 10.3 Å². The molecule has 2 aromatic carbocycles. The number of para-hydroxylation sites is 1. The predicted molar refractivity (Wildman–Crippen MR) is 133 cm³/mol. The van der Waals surface area contributed by atoms with Crippen LogP contribution in [0.5, 0.6) is 0 Å². The van der Waals surface area contributed by atoms with Gasteiger partial charge in [-0.15, -0.1) is 11.8 Å². The van der Waals surface area contributed by atoms with Gasteiger partial charge in [-0.2, -0.15) is 0 Å². The Morgan fingerprint density at radius 2 is 1.97 bits per heavy atom. The lowest BCUT2D eigenvalue weighted by atomic mass is 10.3. The standard InChI is InChI=1S/C21H18N4O2S4/c1-24-19(27)17-18(25(21(28)31-17)14-8-4-3-5-9-14)23-20(24)30-12-16(26)22-13-7-6-10-15(11-13)29-2/h3-11H,12H2,1-2H3,(H,22,26). The fourth-order valence-corrected chi connectivity index (χ4v) is 5.54. The maximum Gasteiger partial charge on any atom is 0.273 e. The highest BCUT2D eigenvalue weighted by molar-refractivity contribution is 7.99. The number of anilines is 1. The van der Waals surface area contributed by atoms with Crippen LogP contribution in [-0.4, -0.2) is 32.0 Å². The molecule has 1 N–H and O–H groups in total. The van der Waals surface area contributed by atoms with E-state index in [-0.39, 0.29) is 17.2 Å². The SMILES string of the molecule is CSc1cccc(NC(=O)CSc2nc3c(sc(=S)n3-c3ccccc3)c(=O)n2C)c1. The van der Waals surface area contributed by atoms with Crippen molar-refractivity contribution < 1.29 is 4.79 Å². The molecule has 6 nitrogen and oxygen atoms in total. The smallest absolute Gasteiger partial charge is 0.273 e. The molecule has 0 saturated heterocycles. The molecule has 0 unspecified atom stereocenters. The summed E-state index contributed by atoms with van der Waals surface area (Å²) in [6.45, 7) is 0. The first kappa shape index (κ1) is 21.8. The fourth-order valence-electron chi connectivity index (χ4n) is 2.97. The Morgan fingerprint density at radius 1 is 1.19 bits per heavy atom. The first-order valence-corrected chi connectivity index (χ1v) is 12.7. The second-order valence-corrected chi connectivity index (χ2v) is 9.99. The predicted octanol–water partition coefficient (Wildman–Crippen LogP) is 4.97. The molecule has 31 heavy (non-hydrogen) atoms. The maximum atomic E-state index is 12.9. The summed E-state index contributed by atoms with van der Waals surface area (Å²) >= 11 is 9.58. The molecule has 0 aliphatic carbocycles. The Morgan fingerprint density at radius 3 is 2.71 bits per heavy atom. The minimum atomic E-state index is -0.175. The topological polar surface area (TPSA) is 68.9 Å². The average Bonchev–Trinajstić information content (AvgIpc) is 3.12.